The van der Waals surface area contributed by atoms with E-state index in [0.717, 1.165) is 11.8 Å². The molecule has 0 radical (unpaired) electrons. The number of nitrogens with zero attached hydrogens (tertiary/aromatic N) is 1. The highest BCUT2D eigenvalue weighted by Crippen LogP contribution is 2.42. The summed E-state index contributed by atoms with van der Waals surface area (Å²) in [5.41, 5.74) is 1.19. The first-order valence-corrected chi connectivity index (χ1v) is 10.2. The number of aliphatic hydroxyl groups is 1. The predicted molar refractivity (Wildman–Crippen MR) is 123 cm³/mol. The Bertz CT molecular complexity index is 1120. The SMILES string of the molecule is COC(=O)C1=C(O)/C(=C\c2ccc(OC)cc2OC)SC1=Nc1ccc(OC)c(OC)c1. The molecule has 1 aliphatic heterocycles. The van der Waals surface area contributed by atoms with E-state index in [1.165, 1.54) is 28.4 Å². The van der Waals surface area contributed by atoms with Gasteiger partial charge in [0.05, 0.1) is 46.1 Å². The van der Waals surface area contributed by atoms with Crippen molar-refractivity contribution in [3.8, 4) is 23.0 Å². The summed E-state index contributed by atoms with van der Waals surface area (Å²) in [7, 11) is 7.41. The van der Waals surface area contributed by atoms with Gasteiger partial charge < -0.3 is 28.8 Å². The molecule has 2 aromatic rings. The molecule has 0 fully saturated rings. The number of aliphatic imine (C=N–C) groups is 1. The molecule has 0 spiro atoms. The topological polar surface area (TPSA) is 95.8 Å². The van der Waals surface area contributed by atoms with Crippen LogP contribution in [0.3, 0.4) is 0 Å². The van der Waals surface area contributed by atoms with Crippen LogP contribution in [-0.2, 0) is 9.53 Å². The van der Waals surface area contributed by atoms with E-state index in [1.54, 1.807) is 49.6 Å². The minimum Gasteiger partial charge on any atom is -0.506 e. The molecule has 0 amide bonds. The Balaban J connectivity index is 2.06. The summed E-state index contributed by atoms with van der Waals surface area (Å²) in [5, 5.41) is 11.1. The third-order valence-corrected chi connectivity index (χ3v) is 5.63. The molecule has 9 heteroatoms. The molecule has 3 rings (SSSR count). The van der Waals surface area contributed by atoms with Crippen LogP contribution in [0.1, 0.15) is 5.56 Å². The van der Waals surface area contributed by atoms with Gasteiger partial charge in [0.2, 0.25) is 0 Å². The number of rotatable bonds is 7. The highest BCUT2D eigenvalue weighted by atomic mass is 32.2. The standard InChI is InChI=1S/C23H23NO7S/c1-27-15-8-6-13(17(12-15)29-3)10-19-21(25)20(23(26)31-5)22(32-19)24-14-7-9-16(28-2)18(11-14)30-4/h6-12,25H,1-5H3/b19-10+,24-22?. The van der Waals surface area contributed by atoms with Crippen molar-refractivity contribution >= 4 is 34.5 Å². The second kappa shape index (κ2) is 10.1. The summed E-state index contributed by atoms with van der Waals surface area (Å²) >= 11 is 1.14. The van der Waals surface area contributed by atoms with Crippen molar-refractivity contribution < 1.29 is 33.6 Å². The third-order valence-electron chi connectivity index (χ3n) is 4.61. The molecule has 8 nitrogen and oxygen atoms in total. The molecule has 0 aliphatic carbocycles. The highest BCUT2D eigenvalue weighted by Gasteiger charge is 2.33. The summed E-state index contributed by atoms with van der Waals surface area (Å²) in [4.78, 5) is 17.4. The number of methoxy groups -OCH3 is 5. The summed E-state index contributed by atoms with van der Waals surface area (Å²) in [5.74, 6) is 1.31. The van der Waals surface area contributed by atoms with Crippen LogP contribution in [0.2, 0.25) is 0 Å². The Morgan fingerprint density at radius 2 is 1.62 bits per heavy atom. The van der Waals surface area contributed by atoms with Crippen molar-refractivity contribution in [2.24, 2.45) is 4.99 Å². The van der Waals surface area contributed by atoms with E-state index in [9.17, 15) is 9.90 Å². The molecule has 1 aliphatic rings. The second-order valence-electron chi connectivity index (χ2n) is 6.39. The van der Waals surface area contributed by atoms with Crippen LogP contribution in [0, 0.1) is 0 Å². The number of hydrogen-bond acceptors (Lipinski definition) is 9. The van der Waals surface area contributed by atoms with Crippen LogP contribution < -0.4 is 18.9 Å². The molecular formula is C23H23NO7S. The third kappa shape index (κ3) is 4.67. The van der Waals surface area contributed by atoms with E-state index in [-0.39, 0.29) is 11.3 Å². The van der Waals surface area contributed by atoms with Gasteiger partial charge in [-0.15, -0.1) is 0 Å². The lowest BCUT2D eigenvalue weighted by atomic mass is 10.1. The molecule has 0 bridgehead atoms. The van der Waals surface area contributed by atoms with Gasteiger partial charge in [-0.3, -0.25) is 0 Å². The maximum absolute atomic E-state index is 12.4. The predicted octanol–water partition coefficient (Wildman–Crippen LogP) is 4.52. The number of aliphatic hydroxyl groups excluding tert-OH is 1. The molecule has 0 saturated heterocycles. The Morgan fingerprint density at radius 3 is 2.25 bits per heavy atom. The van der Waals surface area contributed by atoms with E-state index >= 15 is 0 Å². The van der Waals surface area contributed by atoms with Crippen molar-refractivity contribution in [2.45, 2.75) is 0 Å². The monoisotopic (exact) mass is 457 g/mol. The first-order chi connectivity index (χ1) is 15.4. The molecule has 0 aromatic heterocycles. The fourth-order valence-electron chi connectivity index (χ4n) is 2.98. The molecule has 32 heavy (non-hydrogen) atoms. The van der Waals surface area contributed by atoms with Crippen molar-refractivity contribution in [2.75, 3.05) is 35.5 Å². The van der Waals surface area contributed by atoms with Gasteiger partial charge in [-0.25, -0.2) is 9.79 Å². The van der Waals surface area contributed by atoms with Gasteiger partial charge in [-0.05, 0) is 30.3 Å². The Kier molecular flexibility index (Phi) is 7.32. The largest absolute Gasteiger partial charge is 0.506 e. The van der Waals surface area contributed by atoms with Gasteiger partial charge in [-0.1, -0.05) is 11.8 Å². The molecule has 168 valence electrons. The van der Waals surface area contributed by atoms with E-state index in [1.807, 2.05) is 0 Å². The van der Waals surface area contributed by atoms with Crippen LogP contribution in [0.15, 0.2) is 57.6 Å². The fourth-order valence-corrected chi connectivity index (χ4v) is 4.01. The lowest BCUT2D eigenvalue weighted by Crippen LogP contribution is -2.10. The number of carbonyl (C=O) groups is 1. The Labute approximate surface area is 190 Å². The minimum absolute atomic E-state index is 0.0222. The lowest BCUT2D eigenvalue weighted by Gasteiger charge is -2.08. The van der Waals surface area contributed by atoms with E-state index in [0.29, 0.717) is 44.2 Å². The van der Waals surface area contributed by atoms with Crippen molar-refractivity contribution in [1.29, 1.82) is 0 Å². The van der Waals surface area contributed by atoms with E-state index in [2.05, 4.69) is 4.99 Å². The zero-order chi connectivity index (χ0) is 23.3. The number of hydrogen-bond donors (Lipinski definition) is 1. The fraction of sp³-hybridized carbons (Fsp3) is 0.217. The van der Waals surface area contributed by atoms with Crippen LogP contribution in [-0.4, -0.2) is 51.7 Å². The molecule has 2 aromatic carbocycles. The molecular weight excluding hydrogens is 434 g/mol. The van der Waals surface area contributed by atoms with Gasteiger partial charge in [0.25, 0.3) is 0 Å². The van der Waals surface area contributed by atoms with Gasteiger partial charge in [0.15, 0.2) is 11.5 Å². The van der Waals surface area contributed by atoms with Gasteiger partial charge >= 0.3 is 5.97 Å². The van der Waals surface area contributed by atoms with Crippen molar-refractivity contribution in [1.82, 2.24) is 0 Å². The second-order valence-corrected chi connectivity index (χ2v) is 7.42. The Hall–Kier alpha value is -3.59. The van der Waals surface area contributed by atoms with Gasteiger partial charge in [-0.2, -0.15) is 0 Å². The number of esters is 1. The van der Waals surface area contributed by atoms with Crippen molar-refractivity contribution in [3.05, 3.63) is 58.2 Å². The van der Waals surface area contributed by atoms with Crippen LogP contribution >= 0.6 is 11.8 Å². The summed E-state index contributed by atoms with van der Waals surface area (Å²) in [6.45, 7) is 0. The maximum Gasteiger partial charge on any atom is 0.344 e. The molecule has 1 N–H and O–H groups in total. The Morgan fingerprint density at radius 1 is 0.906 bits per heavy atom. The average Bonchev–Trinajstić information content (AvgIpc) is 3.12. The van der Waals surface area contributed by atoms with E-state index in [4.69, 9.17) is 23.7 Å². The number of thioether (sulfide) groups is 1. The summed E-state index contributed by atoms with van der Waals surface area (Å²) in [6, 6.07) is 10.4. The highest BCUT2D eigenvalue weighted by molar-refractivity contribution is 8.18. The van der Waals surface area contributed by atoms with Crippen LogP contribution in [0.5, 0.6) is 23.0 Å². The molecule has 1 heterocycles. The number of carbonyl (C=O) groups excluding carboxylic acids is 1. The smallest absolute Gasteiger partial charge is 0.344 e. The molecule has 0 saturated carbocycles. The normalized spacial score (nSPS) is 15.8. The van der Waals surface area contributed by atoms with E-state index < -0.39 is 5.97 Å². The average molecular weight is 458 g/mol. The molecule has 0 atom stereocenters. The van der Waals surface area contributed by atoms with Crippen LogP contribution in [0.25, 0.3) is 6.08 Å². The quantitative estimate of drug-likeness (QED) is 0.606. The maximum atomic E-state index is 12.4. The first kappa shape index (κ1) is 23.1. The van der Waals surface area contributed by atoms with Crippen molar-refractivity contribution in [3.63, 3.8) is 0 Å². The lowest BCUT2D eigenvalue weighted by molar-refractivity contribution is -0.135. The van der Waals surface area contributed by atoms with Crippen LogP contribution in [0.4, 0.5) is 5.69 Å². The van der Waals surface area contributed by atoms with Gasteiger partial charge in [0.1, 0.15) is 27.9 Å². The summed E-state index contributed by atoms with van der Waals surface area (Å²) < 4.78 is 26.1. The number of ether oxygens (including phenoxy) is 5. The molecule has 0 unspecified atom stereocenters. The number of benzene rings is 2. The summed E-state index contributed by atoms with van der Waals surface area (Å²) in [6.07, 6.45) is 1.71. The first-order valence-electron chi connectivity index (χ1n) is 9.40. The minimum atomic E-state index is -0.695. The van der Waals surface area contributed by atoms with Gasteiger partial charge in [0, 0.05) is 17.7 Å². The zero-order valence-corrected chi connectivity index (χ0v) is 19.1. The zero-order valence-electron chi connectivity index (χ0n) is 18.3.